The van der Waals surface area contributed by atoms with Gasteiger partial charge < -0.3 is 5.11 Å². The summed E-state index contributed by atoms with van der Waals surface area (Å²) >= 11 is 0. The fraction of sp³-hybridized carbons (Fsp3) is 0. The van der Waals surface area contributed by atoms with E-state index in [0.29, 0.717) is 0 Å². The van der Waals surface area contributed by atoms with E-state index in [-0.39, 0.29) is 22.6 Å². The number of nitrogens with zero attached hydrogens (tertiary/aromatic N) is 4. The van der Waals surface area contributed by atoms with Crippen molar-refractivity contribution in [1.29, 1.82) is 5.26 Å². The minimum absolute atomic E-state index is 0.0871. The average Bonchev–Trinajstić information content (AvgIpc) is 2.87. The molecule has 2 aromatic rings. The summed E-state index contributed by atoms with van der Waals surface area (Å²) in [4.78, 5) is 24.6. The van der Waals surface area contributed by atoms with Crippen LogP contribution < -0.4 is 0 Å². The highest BCUT2D eigenvalue weighted by Crippen LogP contribution is 2.24. The van der Waals surface area contributed by atoms with Crippen LogP contribution in [0.4, 0.5) is 5.69 Å². The molecule has 0 atom stereocenters. The number of carbonyl (C=O) groups is 1. The minimum atomic E-state index is -1.24. The molecule has 0 aliphatic heterocycles. The van der Waals surface area contributed by atoms with Gasteiger partial charge >= 0.3 is 5.97 Å². The molecular weight excluding hydrogens is 252 g/mol. The third-order valence-electron chi connectivity index (χ3n) is 2.38. The summed E-state index contributed by atoms with van der Waals surface area (Å²) in [5.41, 5.74) is -0.166. The monoisotopic (exact) mass is 258 g/mol. The number of nitro benzene ring substituents is 1. The SMILES string of the molecule is N#Cc1ccc([N+](=O)[O-])c(-n2cnc(C(=O)O)c2)c1. The molecule has 2 rings (SSSR count). The van der Waals surface area contributed by atoms with Gasteiger partial charge in [0.2, 0.25) is 0 Å². The number of nitro groups is 1. The van der Waals surface area contributed by atoms with E-state index >= 15 is 0 Å². The molecule has 1 aromatic heterocycles. The Kier molecular flexibility index (Phi) is 2.95. The largest absolute Gasteiger partial charge is 0.476 e. The summed E-state index contributed by atoms with van der Waals surface area (Å²) in [5, 5.41) is 28.5. The van der Waals surface area contributed by atoms with Gasteiger partial charge in [-0.2, -0.15) is 5.26 Å². The number of benzene rings is 1. The Labute approximate surface area is 106 Å². The van der Waals surface area contributed by atoms with Crippen LogP contribution in [0.15, 0.2) is 30.7 Å². The van der Waals surface area contributed by atoms with Gasteiger partial charge in [0.05, 0.1) is 16.6 Å². The van der Waals surface area contributed by atoms with Gasteiger partial charge in [0.15, 0.2) is 5.69 Å². The normalized spacial score (nSPS) is 9.84. The predicted molar refractivity (Wildman–Crippen MR) is 61.9 cm³/mol. The summed E-state index contributed by atoms with van der Waals surface area (Å²) < 4.78 is 1.20. The minimum Gasteiger partial charge on any atom is -0.476 e. The maximum Gasteiger partial charge on any atom is 0.356 e. The topological polar surface area (TPSA) is 122 Å². The zero-order valence-electron chi connectivity index (χ0n) is 9.35. The van der Waals surface area contributed by atoms with Crippen LogP contribution in [0.3, 0.4) is 0 Å². The summed E-state index contributed by atoms with van der Waals surface area (Å²) in [6.07, 6.45) is 2.29. The molecule has 0 unspecified atom stereocenters. The van der Waals surface area contributed by atoms with Gasteiger partial charge in [-0.15, -0.1) is 0 Å². The summed E-state index contributed by atoms with van der Waals surface area (Å²) in [6, 6.07) is 5.66. The van der Waals surface area contributed by atoms with Crippen molar-refractivity contribution in [3.63, 3.8) is 0 Å². The molecule has 0 aliphatic rings. The zero-order valence-corrected chi connectivity index (χ0v) is 9.35. The Morgan fingerprint density at radius 1 is 1.53 bits per heavy atom. The number of carboxylic acids is 1. The van der Waals surface area contributed by atoms with Gasteiger partial charge in [-0.25, -0.2) is 9.78 Å². The molecule has 1 N–H and O–H groups in total. The van der Waals surface area contributed by atoms with Crippen molar-refractivity contribution in [3.05, 3.63) is 52.1 Å². The Morgan fingerprint density at radius 3 is 2.79 bits per heavy atom. The van der Waals surface area contributed by atoms with E-state index in [9.17, 15) is 14.9 Å². The van der Waals surface area contributed by atoms with E-state index in [1.807, 2.05) is 6.07 Å². The first-order valence-electron chi connectivity index (χ1n) is 4.99. The number of aromatic carboxylic acids is 1. The lowest BCUT2D eigenvalue weighted by atomic mass is 10.2. The van der Waals surface area contributed by atoms with Gasteiger partial charge in [-0.3, -0.25) is 14.7 Å². The van der Waals surface area contributed by atoms with Crippen molar-refractivity contribution in [2.75, 3.05) is 0 Å². The Bertz CT molecular complexity index is 714. The van der Waals surface area contributed by atoms with Gasteiger partial charge in [0, 0.05) is 12.3 Å². The van der Waals surface area contributed by atoms with E-state index in [0.717, 1.165) is 12.5 Å². The standard InChI is InChI=1S/C11H6N4O4/c12-4-7-1-2-9(15(18)19)10(3-7)14-5-8(11(16)17)13-6-14/h1-3,5-6H,(H,16,17). The van der Waals surface area contributed by atoms with E-state index in [1.54, 1.807) is 0 Å². The Hall–Kier alpha value is -3.21. The molecule has 0 aliphatic carbocycles. The summed E-state index contributed by atoms with van der Waals surface area (Å²) in [5.74, 6) is -1.24. The fourth-order valence-electron chi connectivity index (χ4n) is 1.52. The van der Waals surface area contributed by atoms with Crippen molar-refractivity contribution in [2.45, 2.75) is 0 Å². The predicted octanol–water partition coefficient (Wildman–Crippen LogP) is 1.35. The third kappa shape index (κ3) is 2.25. The third-order valence-corrected chi connectivity index (χ3v) is 2.38. The van der Waals surface area contributed by atoms with Crippen LogP contribution in [0.2, 0.25) is 0 Å². The van der Waals surface area contributed by atoms with Crippen molar-refractivity contribution in [1.82, 2.24) is 9.55 Å². The lowest BCUT2D eigenvalue weighted by Gasteiger charge is -2.03. The first kappa shape index (κ1) is 12.3. The van der Waals surface area contributed by atoms with Gasteiger partial charge in [-0.1, -0.05) is 0 Å². The van der Waals surface area contributed by atoms with Crippen molar-refractivity contribution in [3.8, 4) is 11.8 Å². The van der Waals surface area contributed by atoms with Crippen LogP contribution >= 0.6 is 0 Å². The highest BCUT2D eigenvalue weighted by molar-refractivity contribution is 5.85. The highest BCUT2D eigenvalue weighted by Gasteiger charge is 2.17. The van der Waals surface area contributed by atoms with Crippen LogP contribution in [0.5, 0.6) is 0 Å². The van der Waals surface area contributed by atoms with Gasteiger partial charge in [-0.05, 0) is 12.1 Å². The quantitative estimate of drug-likeness (QED) is 0.654. The second-order valence-electron chi connectivity index (χ2n) is 3.54. The van der Waals surface area contributed by atoms with E-state index in [1.165, 1.54) is 22.8 Å². The molecule has 0 amide bonds. The zero-order chi connectivity index (χ0) is 14.0. The van der Waals surface area contributed by atoms with Crippen LogP contribution in [0.25, 0.3) is 5.69 Å². The molecule has 19 heavy (non-hydrogen) atoms. The Morgan fingerprint density at radius 2 is 2.26 bits per heavy atom. The second-order valence-corrected chi connectivity index (χ2v) is 3.54. The molecule has 1 aromatic carbocycles. The molecule has 0 saturated carbocycles. The maximum absolute atomic E-state index is 10.9. The van der Waals surface area contributed by atoms with E-state index < -0.39 is 10.9 Å². The van der Waals surface area contributed by atoms with E-state index in [2.05, 4.69) is 4.98 Å². The molecule has 1 heterocycles. The molecule has 94 valence electrons. The molecule has 0 bridgehead atoms. The average molecular weight is 258 g/mol. The lowest BCUT2D eigenvalue weighted by molar-refractivity contribution is -0.384. The van der Waals surface area contributed by atoms with Gasteiger partial charge in [0.25, 0.3) is 5.69 Å². The summed E-state index contributed by atoms with van der Waals surface area (Å²) in [7, 11) is 0. The van der Waals surface area contributed by atoms with E-state index in [4.69, 9.17) is 10.4 Å². The van der Waals surface area contributed by atoms with Crippen LogP contribution in [0.1, 0.15) is 16.1 Å². The van der Waals surface area contributed by atoms with Gasteiger partial charge in [0.1, 0.15) is 12.0 Å². The van der Waals surface area contributed by atoms with Crippen LogP contribution in [-0.2, 0) is 0 Å². The number of aromatic nitrogens is 2. The lowest BCUT2D eigenvalue weighted by Crippen LogP contribution is -1.99. The van der Waals surface area contributed by atoms with Crippen LogP contribution in [-0.4, -0.2) is 25.6 Å². The number of carboxylic acid groups (broad SMARTS) is 1. The molecule has 0 saturated heterocycles. The molecule has 0 radical (unpaired) electrons. The molecule has 8 heteroatoms. The second kappa shape index (κ2) is 4.58. The number of nitriles is 1. The number of hydrogen-bond acceptors (Lipinski definition) is 5. The Balaban J connectivity index is 2.61. The van der Waals surface area contributed by atoms with Crippen molar-refractivity contribution < 1.29 is 14.8 Å². The fourth-order valence-corrected chi connectivity index (χ4v) is 1.52. The highest BCUT2D eigenvalue weighted by atomic mass is 16.6. The number of imidazole rings is 1. The molecule has 8 nitrogen and oxygen atoms in total. The first-order chi connectivity index (χ1) is 9.02. The molecular formula is C11H6N4O4. The first-order valence-corrected chi connectivity index (χ1v) is 4.99. The number of rotatable bonds is 3. The smallest absolute Gasteiger partial charge is 0.356 e. The molecule has 0 spiro atoms. The number of hydrogen-bond donors (Lipinski definition) is 1. The maximum atomic E-state index is 10.9. The van der Waals surface area contributed by atoms with Crippen molar-refractivity contribution >= 4 is 11.7 Å². The van der Waals surface area contributed by atoms with Crippen LogP contribution in [0, 0.1) is 21.4 Å². The summed E-state index contributed by atoms with van der Waals surface area (Å²) in [6.45, 7) is 0. The van der Waals surface area contributed by atoms with Crippen molar-refractivity contribution in [2.24, 2.45) is 0 Å². The molecule has 0 fully saturated rings.